The highest BCUT2D eigenvalue weighted by molar-refractivity contribution is 5.91. The number of nitrogens with zero attached hydrogens (tertiary/aromatic N) is 1. The number of benzene rings is 1. The van der Waals surface area contributed by atoms with Crippen LogP contribution in [0.4, 0.5) is 10.5 Å². The predicted molar refractivity (Wildman–Crippen MR) is 79.3 cm³/mol. The van der Waals surface area contributed by atoms with E-state index in [-0.39, 0.29) is 19.7 Å². The Bertz CT molecular complexity index is 479. The van der Waals surface area contributed by atoms with Gasteiger partial charge >= 0.3 is 12.0 Å². The summed E-state index contributed by atoms with van der Waals surface area (Å²) < 4.78 is 4.88. The number of ether oxygens (including phenoxy) is 1. The monoisotopic (exact) mass is 295 g/mol. The molecule has 0 saturated heterocycles. The number of aliphatic carboxylic acids is 1. The summed E-state index contributed by atoms with van der Waals surface area (Å²) >= 11 is 0. The molecule has 0 unspecified atom stereocenters. The number of rotatable bonds is 8. The average molecular weight is 295 g/mol. The minimum atomic E-state index is -1.06. The number of carbonyl (C=O) groups is 2. The molecule has 0 bridgehead atoms. The minimum absolute atomic E-state index is 0.213. The molecule has 116 valence electrons. The van der Waals surface area contributed by atoms with Gasteiger partial charge in [0.1, 0.15) is 6.54 Å². The molecule has 0 radical (unpaired) electrons. The summed E-state index contributed by atoms with van der Waals surface area (Å²) in [5.41, 5.74) is 1.65. The fourth-order valence-electron chi connectivity index (χ4n) is 1.78. The lowest BCUT2D eigenvalue weighted by Crippen LogP contribution is -2.40. The first kappa shape index (κ1) is 16.9. The fraction of sp³-hybridized carbons (Fsp3) is 0.429. The predicted octanol–water partition coefficient (Wildman–Crippen LogP) is 0.971. The Labute approximate surface area is 123 Å². The van der Waals surface area contributed by atoms with E-state index >= 15 is 0 Å². The number of hydrogen-bond donors (Lipinski definition) is 3. The van der Waals surface area contributed by atoms with Gasteiger partial charge in [0, 0.05) is 25.9 Å². The molecule has 0 heterocycles. The van der Waals surface area contributed by atoms with Crippen LogP contribution in [-0.4, -0.2) is 55.9 Å². The number of hydrogen-bond acceptors (Lipinski definition) is 4. The van der Waals surface area contributed by atoms with Crippen molar-refractivity contribution in [2.24, 2.45) is 0 Å². The lowest BCUT2D eigenvalue weighted by Gasteiger charge is -2.21. The Hall–Kier alpha value is -2.12. The van der Waals surface area contributed by atoms with Gasteiger partial charge in [0.15, 0.2) is 0 Å². The van der Waals surface area contributed by atoms with E-state index in [0.717, 1.165) is 5.56 Å². The molecule has 1 rings (SSSR count). The van der Waals surface area contributed by atoms with Crippen molar-refractivity contribution < 1.29 is 19.4 Å². The van der Waals surface area contributed by atoms with Crippen LogP contribution >= 0.6 is 0 Å². The minimum Gasteiger partial charge on any atom is -0.480 e. The topological polar surface area (TPSA) is 90.9 Å². The van der Waals surface area contributed by atoms with Gasteiger partial charge in [-0.3, -0.25) is 4.79 Å². The third kappa shape index (κ3) is 6.24. The maximum atomic E-state index is 12.1. The smallest absolute Gasteiger partial charge is 0.323 e. The molecule has 2 amide bonds. The summed E-state index contributed by atoms with van der Waals surface area (Å²) in [5.74, 6) is -1.06. The molecule has 0 atom stereocenters. The normalized spacial score (nSPS) is 10.2. The van der Waals surface area contributed by atoms with Crippen molar-refractivity contribution in [3.8, 4) is 0 Å². The molecule has 0 aromatic heterocycles. The van der Waals surface area contributed by atoms with Crippen LogP contribution in [0.3, 0.4) is 0 Å². The van der Waals surface area contributed by atoms with Crippen LogP contribution in [0.1, 0.15) is 5.56 Å². The molecule has 0 saturated carbocycles. The molecule has 0 aliphatic rings. The van der Waals surface area contributed by atoms with E-state index in [9.17, 15) is 9.59 Å². The van der Waals surface area contributed by atoms with E-state index in [0.29, 0.717) is 12.2 Å². The SMILES string of the molecule is CNCc1cccc(NC(=O)N(CCOC)CC(=O)O)c1. The molecule has 0 fully saturated rings. The highest BCUT2D eigenvalue weighted by Crippen LogP contribution is 2.11. The molecule has 1 aromatic carbocycles. The van der Waals surface area contributed by atoms with Crippen LogP contribution in [-0.2, 0) is 16.1 Å². The van der Waals surface area contributed by atoms with Gasteiger partial charge in [-0.05, 0) is 24.7 Å². The number of urea groups is 1. The van der Waals surface area contributed by atoms with Gasteiger partial charge in [-0.15, -0.1) is 0 Å². The lowest BCUT2D eigenvalue weighted by atomic mass is 10.2. The van der Waals surface area contributed by atoms with Gasteiger partial charge in [-0.1, -0.05) is 12.1 Å². The zero-order valence-electron chi connectivity index (χ0n) is 12.3. The standard InChI is InChI=1S/C14H21N3O4/c1-15-9-11-4-3-5-12(8-11)16-14(20)17(6-7-21-2)10-13(18)19/h3-5,8,15H,6-7,9-10H2,1-2H3,(H,16,20)(H,18,19). The van der Waals surface area contributed by atoms with Crippen LogP contribution in [0.25, 0.3) is 0 Å². The Balaban J connectivity index is 2.70. The molecular formula is C14H21N3O4. The van der Waals surface area contributed by atoms with Crippen LogP contribution in [0.5, 0.6) is 0 Å². The van der Waals surface area contributed by atoms with E-state index in [1.165, 1.54) is 12.0 Å². The van der Waals surface area contributed by atoms with E-state index in [4.69, 9.17) is 9.84 Å². The summed E-state index contributed by atoms with van der Waals surface area (Å²) in [5, 5.41) is 14.6. The van der Waals surface area contributed by atoms with Crippen LogP contribution < -0.4 is 10.6 Å². The maximum Gasteiger partial charge on any atom is 0.323 e. The fourth-order valence-corrected chi connectivity index (χ4v) is 1.78. The first-order valence-electron chi connectivity index (χ1n) is 6.57. The van der Waals surface area contributed by atoms with E-state index in [2.05, 4.69) is 10.6 Å². The molecule has 1 aromatic rings. The zero-order valence-corrected chi connectivity index (χ0v) is 12.3. The van der Waals surface area contributed by atoms with E-state index in [1.807, 2.05) is 25.2 Å². The lowest BCUT2D eigenvalue weighted by molar-refractivity contribution is -0.137. The summed E-state index contributed by atoms with van der Waals surface area (Å²) in [6, 6.07) is 6.90. The first-order chi connectivity index (χ1) is 10.1. The van der Waals surface area contributed by atoms with Crippen molar-refractivity contribution in [3.05, 3.63) is 29.8 Å². The van der Waals surface area contributed by atoms with Gasteiger partial charge in [0.25, 0.3) is 0 Å². The second-order valence-electron chi connectivity index (χ2n) is 4.47. The van der Waals surface area contributed by atoms with Gasteiger partial charge < -0.3 is 25.4 Å². The van der Waals surface area contributed by atoms with E-state index in [1.54, 1.807) is 6.07 Å². The molecule has 0 aliphatic heterocycles. The van der Waals surface area contributed by atoms with Crippen LogP contribution in [0, 0.1) is 0 Å². The van der Waals surface area contributed by atoms with Crippen molar-refractivity contribution in [1.82, 2.24) is 10.2 Å². The first-order valence-corrected chi connectivity index (χ1v) is 6.57. The van der Waals surface area contributed by atoms with Crippen LogP contribution in [0.2, 0.25) is 0 Å². The Morgan fingerprint density at radius 1 is 1.38 bits per heavy atom. The molecule has 7 nitrogen and oxygen atoms in total. The van der Waals surface area contributed by atoms with Crippen molar-refractivity contribution in [3.63, 3.8) is 0 Å². The highest BCUT2D eigenvalue weighted by Gasteiger charge is 2.16. The number of carboxylic acids is 1. The summed E-state index contributed by atoms with van der Waals surface area (Å²) in [7, 11) is 3.34. The van der Waals surface area contributed by atoms with Crippen molar-refractivity contribution in [2.45, 2.75) is 6.54 Å². The molecule has 0 spiro atoms. The molecule has 0 aliphatic carbocycles. The van der Waals surface area contributed by atoms with Crippen molar-refractivity contribution in [2.75, 3.05) is 39.2 Å². The van der Waals surface area contributed by atoms with Gasteiger partial charge in [0.05, 0.1) is 6.61 Å². The Kier molecular flexibility index (Phi) is 7.20. The molecular weight excluding hydrogens is 274 g/mol. The average Bonchev–Trinajstić information content (AvgIpc) is 2.43. The second-order valence-corrected chi connectivity index (χ2v) is 4.47. The van der Waals surface area contributed by atoms with E-state index < -0.39 is 12.0 Å². The summed E-state index contributed by atoms with van der Waals surface area (Å²) in [6.07, 6.45) is 0. The molecule has 3 N–H and O–H groups in total. The zero-order chi connectivity index (χ0) is 15.7. The molecule has 21 heavy (non-hydrogen) atoms. The number of carbonyl (C=O) groups excluding carboxylic acids is 1. The third-order valence-corrected chi connectivity index (χ3v) is 2.74. The number of methoxy groups -OCH3 is 1. The quantitative estimate of drug-likeness (QED) is 0.665. The Morgan fingerprint density at radius 2 is 2.14 bits per heavy atom. The van der Waals surface area contributed by atoms with Gasteiger partial charge in [-0.2, -0.15) is 0 Å². The van der Waals surface area contributed by atoms with Crippen molar-refractivity contribution >= 4 is 17.7 Å². The van der Waals surface area contributed by atoms with Gasteiger partial charge in [0.2, 0.25) is 0 Å². The Morgan fingerprint density at radius 3 is 2.76 bits per heavy atom. The summed E-state index contributed by atoms with van der Waals surface area (Å²) in [6.45, 7) is 0.808. The molecule has 7 heteroatoms. The number of anilines is 1. The van der Waals surface area contributed by atoms with Crippen molar-refractivity contribution in [1.29, 1.82) is 0 Å². The maximum absolute atomic E-state index is 12.1. The number of carboxylic acid groups (broad SMARTS) is 1. The highest BCUT2D eigenvalue weighted by atomic mass is 16.5. The number of nitrogens with one attached hydrogen (secondary N) is 2. The summed E-state index contributed by atoms with van der Waals surface area (Å²) in [4.78, 5) is 24.1. The number of amides is 2. The third-order valence-electron chi connectivity index (χ3n) is 2.74. The van der Waals surface area contributed by atoms with Gasteiger partial charge in [-0.25, -0.2) is 4.79 Å². The second kappa shape index (κ2) is 8.93. The largest absolute Gasteiger partial charge is 0.480 e. The van der Waals surface area contributed by atoms with Crippen LogP contribution in [0.15, 0.2) is 24.3 Å².